The minimum Gasteiger partial charge on any atom is -0.393 e. The van der Waals surface area contributed by atoms with Gasteiger partial charge in [0.25, 0.3) is 10.0 Å². The molecule has 5 rings (SSSR count). The fourth-order valence-corrected chi connectivity index (χ4v) is 11.6. The Morgan fingerprint density at radius 3 is 2.30 bits per heavy atom. The first kappa shape index (κ1) is 32.6. The number of aliphatic hydroxyl groups excluding tert-OH is 2. The van der Waals surface area contributed by atoms with E-state index < -0.39 is 16.1 Å². The summed E-state index contributed by atoms with van der Waals surface area (Å²) in [6.45, 7) is 9.84. The van der Waals surface area contributed by atoms with Gasteiger partial charge in [-0.3, -0.25) is 0 Å². The van der Waals surface area contributed by atoms with E-state index in [0.29, 0.717) is 42.1 Å². The molecular weight excluding hydrogens is 562 g/mol. The number of nitrogens with zero attached hydrogens (tertiary/aromatic N) is 1. The zero-order valence-corrected chi connectivity index (χ0v) is 27.9. The zero-order chi connectivity index (χ0) is 31.3. The third-order valence-corrected chi connectivity index (χ3v) is 14.3. The number of urea groups is 1. The van der Waals surface area contributed by atoms with Crippen molar-refractivity contribution in [2.24, 2.45) is 52.3 Å². The maximum Gasteiger partial charge on any atom is 0.328 e. The molecule has 11 atom stereocenters. The number of rotatable bonds is 8. The first-order valence-electron chi connectivity index (χ1n) is 16.7. The van der Waals surface area contributed by atoms with Gasteiger partial charge in [0.15, 0.2) is 0 Å². The number of benzene rings is 1. The Kier molecular flexibility index (Phi) is 9.21. The van der Waals surface area contributed by atoms with Gasteiger partial charge >= 0.3 is 6.03 Å². The molecule has 242 valence electrons. The van der Waals surface area contributed by atoms with E-state index in [9.17, 15) is 23.4 Å². The van der Waals surface area contributed by atoms with Gasteiger partial charge in [-0.15, -0.1) is 0 Å². The number of fused-ring (bicyclic) bond motifs is 5. The molecule has 0 bridgehead atoms. The quantitative estimate of drug-likeness (QED) is 0.311. The summed E-state index contributed by atoms with van der Waals surface area (Å²) in [7, 11) is -0.189. The molecule has 0 heterocycles. The standard InChI is InChI=1S/C34H55N3O5S/c1-7-25-29-20-23(38)14-17-34(29,4)28-15-18-33(3)26(12-13-27(33)30(28)31(25)39)21(2)16-19-35-32(40)36-43(41,42)24-10-8-22(9-11-24)37(5)6/h8-11,21,23,25-31,38-39H,7,12-20H2,1-6H3,(H2,35,36,40)/t21-,23-,25-,26?,27+,28+,29+,30+,31-,33-,34-/m1/s1. The SMILES string of the molecule is CC[C@H]1[C@@H](O)[C@@H]2[C@H](CC[C@]3(C)C([C@H](C)CCNC(=O)NS(=O)(=O)c4ccc(N(C)C)cc4)CC[C@@H]23)[C@@]2(C)CC[C@@H](O)C[C@@H]12. The summed E-state index contributed by atoms with van der Waals surface area (Å²) >= 11 is 0. The van der Waals surface area contributed by atoms with Crippen LogP contribution in [0.1, 0.15) is 85.5 Å². The van der Waals surface area contributed by atoms with Gasteiger partial charge in [-0.05, 0) is 128 Å². The predicted molar refractivity (Wildman–Crippen MR) is 170 cm³/mol. The first-order chi connectivity index (χ1) is 20.2. The van der Waals surface area contributed by atoms with Crippen molar-refractivity contribution < 1.29 is 23.4 Å². The topological polar surface area (TPSA) is 119 Å². The van der Waals surface area contributed by atoms with Crippen molar-refractivity contribution in [3.05, 3.63) is 24.3 Å². The molecule has 4 aliphatic rings. The molecular formula is C34H55N3O5S. The highest BCUT2D eigenvalue weighted by molar-refractivity contribution is 7.90. The first-order valence-corrected chi connectivity index (χ1v) is 18.2. The van der Waals surface area contributed by atoms with Crippen LogP contribution in [-0.4, -0.2) is 57.5 Å². The number of nitrogens with one attached hydrogen (secondary N) is 2. The molecule has 0 spiro atoms. The largest absolute Gasteiger partial charge is 0.393 e. The van der Waals surface area contributed by atoms with E-state index in [0.717, 1.165) is 57.1 Å². The smallest absolute Gasteiger partial charge is 0.328 e. The Hall–Kier alpha value is -1.84. The molecule has 4 aliphatic carbocycles. The van der Waals surface area contributed by atoms with E-state index in [1.54, 1.807) is 12.1 Å². The van der Waals surface area contributed by atoms with E-state index in [1.807, 2.05) is 19.0 Å². The van der Waals surface area contributed by atoms with Gasteiger partial charge in [-0.25, -0.2) is 17.9 Å². The summed E-state index contributed by atoms with van der Waals surface area (Å²) in [6.07, 6.45) is 8.59. The molecule has 1 unspecified atom stereocenters. The monoisotopic (exact) mass is 617 g/mol. The molecule has 4 fully saturated rings. The van der Waals surface area contributed by atoms with Crippen LogP contribution in [0.15, 0.2) is 29.2 Å². The summed E-state index contributed by atoms with van der Waals surface area (Å²) in [4.78, 5) is 14.5. The number of carbonyl (C=O) groups is 1. The highest BCUT2D eigenvalue weighted by Gasteiger charge is 2.64. The van der Waals surface area contributed by atoms with E-state index >= 15 is 0 Å². The van der Waals surface area contributed by atoms with E-state index in [4.69, 9.17) is 0 Å². The van der Waals surface area contributed by atoms with Gasteiger partial charge in [0.2, 0.25) is 0 Å². The Morgan fingerprint density at radius 1 is 1.00 bits per heavy atom. The van der Waals surface area contributed by atoms with Crippen LogP contribution in [0.2, 0.25) is 0 Å². The number of aliphatic hydroxyl groups is 2. The molecule has 0 aromatic heterocycles. The van der Waals surface area contributed by atoms with Crippen LogP contribution in [-0.2, 0) is 10.0 Å². The lowest BCUT2D eigenvalue weighted by Gasteiger charge is -2.64. The Balaban J connectivity index is 1.20. The van der Waals surface area contributed by atoms with Crippen LogP contribution < -0.4 is 14.9 Å². The Morgan fingerprint density at radius 2 is 1.65 bits per heavy atom. The molecule has 0 aliphatic heterocycles. The van der Waals surface area contributed by atoms with E-state index in [-0.39, 0.29) is 33.9 Å². The molecule has 1 aromatic rings. The van der Waals surface area contributed by atoms with Gasteiger partial charge in [0, 0.05) is 26.3 Å². The van der Waals surface area contributed by atoms with Crippen molar-refractivity contribution in [1.29, 1.82) is 0 Å². The number of hydrogen-bond acceptors (Lipinski definition) is 6. The maximum absolute atomic E-state index is 12.7. The minimum absolute atomic E-state index is 0.0574. The third kappa shape index (κ3) is 5.83. The molecule has 43 heavy (non-hydrogen) atoms. The lowest BCUT2D eigenvalue weighted by atomic mass is 9.41. The molecule has 4 saturated carbocycles. The van der Waals surface area contributed by atoms with Gasteiger partial charge in [0.1, 0.15) is 0 Å². The normalized spacial score (nSPS) is 39.6. The van der Waals surface area contributed by atoms with Gasteiger partial charge in [0.05, 0.1) is 17.1 Å². The number of anilines is 1. The fourth-order valence-electron chi connectivity index (χ4n) is 10.7. The summed E-state index contributed by atoms with van der Waals surface area (Å²) in [5.41, 5.74) is 1.23. The number of amides is 2. The van der Waals surface area contributed by atoms with Gasteiger partial charge < -0.3 is 20.4 Å². The second kappa shape index (κ2) is 12.2. The van der Waals surface area contributed by atoms with Gasteiger partial charge in [-0.1, -0.05) is 34.1 Å². The molecule has 8 nitrogen and oxygen atoms in total. The number of sulfonamides is 1. The average molecular weight is 618 g/mol. The Bertz CT molecular complexity index is 1250. The highest BCUT2D eigenvalue weighted by atomic mass is 32.2. The molecule has 4 N–H and O–H groups in total. The van der Waals surface area contributed by atoms with Crippen LogP contribution in [0.3, 0.4) is 0 Å². The maximum atomic E-state index is 12.7. The van der Waals surface area contributed by atoms with Crippen molar-refractivity contribution in [2.45, 2.75) is 103 Å². The van der Waals surface area contributed by atoms with Crippen LogP contribution in [0.5, 0.6) is 0 Å². The molecule has 1 aromatic carbocycles. The lowest BCUT2D eigenvalue weighted by molar-refractivity contribution is -0.203. The van der Waals surface area contributed by atoms with Crippen molar-refractivity contribution in [3.63, 3.8) is 0 Å². The van der Waals surface area contributed by atoms with Crippen LogP contribution >= 0.6 is 0 Å². The summed E-state index contributed by atoms with van der Waals surface area (Å²) < 4.78 is 27.6. The molecule has 0 saturated heterocycles. The minimum atomic E-state index is -3.95. The Labute approximate surface area is 259 Å². The van der Waals surface area contributed by atoms with Crippen molar-refractivity contribution in [3.8, 4) is 0 Å². The highest BCUT2D eigenvalue weighted by Crippen LogP contribution is 2.69. The van der Waals surface area contributed by atoms with Crippen molar-refractivity contribution >= 4 is 21.7 Å². The second-order valence-corrected chi connectivity index (χ2v) is 16.8. The van der Waals surface area contributed by atoms with Crippen LogP contribution in [0.25, 0.3) is 0 Å². The lowest BCUT2D eigenvalue weighted by Crippen LogP contribution is -2.62. The van der Waals surface area contributed by atoms with E-state index in [1.165, 1.54) is 18.6 Å². The van der Waals surface area contributed by atoms with Gasteiger partial charge in [-0.2, -0.15) is 0 Å². The molecule has 2 amide bonds. The van der Waals surface area contributed by atoms with Crippen LogP contribution in [0.4, 0.5) is 10.5 Å². The number of carbonyl (C=O) groups excluding carboxylic acids is 1. The molecule has 0 radical (unpaired) electrons. The molecule has 9 heteroatoms. The summed E-state index contributed by atoms with van der Waals surface area (Å²) in [5, 5.41) is 25.2. The predicted octanol–water partition coefficient (Wildman–Crippen LogP) is 5.39. The summed E-state index contributed by atoms with van der Waals surface area (Å²) in [6, 6.07) is 5.73. The number of hydrogen-bond donors (Lipinski definition) is 4. The third-order valence-electron chi connectivity index (χ3n) is 12.9. The van der Waals surface area contributed by atoms with Crippen LogP contribution in [0, 0.1) is 52.3 Å². The van der Waals surface area contributed by atoms with Crippen molar-refractivity contribution in [1.82, 2.24) is 10.0 Å². The second-order valence-electron chi connectivity index (χ2n) is 15.1. The summed E-state index contributed by atoms with van der Waals surface area (Å²) in [5.74, 6) is 2.86. The fraction of sp³-hybridized carbons (Fsp3) is 0.794. The zero-order valence-electron chi connectivity index (χ0n) is 27.1. The van der Waals surface area contributed by atoms with E-state index in [2.05, 4.69) is 37.7 Å². The van der Waals surface area contributed by atoms with Crippen molar-refractivity contribution in [2.75, 3.05) is 25.5 Å². The average Bonchev–Trinajstić information content (AvgIpc) is 3.31.